The molecule has 0 unspecified atom stereocenters. The Morgan fingerprint density at radius 3 is 2.30 bits per heavy atom. The van der Waals surface area contributed by atoms with Crippen molar-refractivity contribution >= 4 is 63.0 Å². The fourth-order valence-electron chi connectivity index (χ4n) is 4.17. The van der Waals surface area contributed by atoms with Crippen LogP contribution < -0.4 is 4.90 Å². The minimum atomic E-state index is -0.229. The first-order chi connectivity index (χ1) is 16.0. The van der Waals surface area contributed by atoms with Crippen LogP contribution in [0.25, 0.3) is 5.57 Å². The zero-order valence-electron chi connectivity index (χ0n) is 17.7. The Bertz CT molecular complexity index is 1310. The highest BCUT2D eigenvalue weighted by molar-refractivity contribution is 8.26. The van der Waals surface area contributed by atoms with Gasteiger partial charge in [0, 0.05) is 10.6 Å². The van der Waals surface area contributed by atoms with E-state index in [0.717, 1.165) is 22.4 Å². The normalized spacial score (nSPS) is 18.8. The number of amides is 2. The molecule has 2 aliphatic heterocycles. The van der Waals surface area contributed by atoms with Crippen LogP contribution in [0.5, 0.6) is 0 Å². The van der Waals surface area contributed by atoms with Crippen molar-refractivity contribution in [3.8, 4) is 0 Å². The van der Waals surface area contributed by atoms with Crippen LogP contribution in [0.2, 0.25) is 5.02 Å². The van der Waals surface area contributed by atoms with E-state index in [1.54, 1.807) is 21.9 Å². The van der Waals surface area contributed by atoms with Crippen molar-refractivity contribution in [1.82, 2.24) is 4.90 Å². The summed E-state index contributed by atoms with van der Waals surface area (Å²) in [6.07, 6.45) is 0. The van der Waals surface area contributed by atoms with E-state index >= 15 is 0 Å². The number of hydrogen-bond donors (Lipinski definition) is 0. The summed E-state index contributed by atoms with van der Waals surface area (Å²) in [5.41, 5.74) is 3.90. The van der Waals surface area contributed by atoms with Gasteiger partial charge in [0.15, 0.2) is 0 Å². The van der Waals surface area contributed by atoms with E-state index in [9.17, 15) is 9.59 Å². The SMILES string of the molecule is C[C@@H](c1ccccc1)N1C(=O)/C(=C2/C(=O)N(Cc3ccc(Cl)cc3)c3ccccc32)SC1=S. The molecule has 1 atom stereocenters. The first-order valence-electron chi connectivity index (χ1n) is 10.5. The largest absolute Gasteiger partial charge is 0.303 e. The number of hydrogen-bond acceptors (Lipinski definition) is 4. The molecule has 0 saturated carbocycles. The van der Waals surface area contributed by atoms with Crippen molar-refractivity contribution in [2.24, 2.45) is 0 Å². The number of thioether (sulfide) groups is 1. The van der Waals surface area contributed by atoms with Crippen molar-refractivity contribution < 1.29 is 9.59 Å². The Morgan fingerprint density at radius 2 is 1.58 bits per heavy atom. The third-order valence-electron chi connectivity index (χ3n) is 5.87. The van der Waals surface area contributed by atoms with Gasteiger partial charge in [0.1, 0.15) is 4.32 Å². The number of para-hydroxylation sites is 1. The molecule has 2 amide bonds. The standard InChI is InChI=1S/C26H19ClN2O2S2/c1-16(18-7-3-2-4-8-18)29-25(31)23(33-26(29)32)22-20-9-5-6-10-21(20)28(24(22)30)15-17-11-13-19(27)14-12-17/h2-14,16H,15H2,1H3/b23-22-/t16-/m0/s1. The summed E-state index contributed by atoms with van der Waals surface area (Å²) >= 11 is 12.8. The Kier molecular flexibility index (Phi) is 5.83. The van der Waals surface area contributed by atoms with E-state index in [2.05, 4.69) is 0 Å². The number of benzene rings is 3. The maximum atomic E-state index is 13.6. The molecule has 164 valence electrons. The molecule has 2 aliphatic rings. The number of anilines is 1. The summed E-state index contributed by atoms with van der Waals surface area (Å²) in [7, 11) is 0. The average molecular weight is 491 g/mol. The highest BCUT2D eigenvalue weighted by atomic mass is 35.5. The summed E-state index contributed by atoms with van der Waals surface area (Å²) in [5.74, 6) is -0.424. The monoisotopic (exact) mass is 490 g/mol. The zero-order valence-corrected chi connectivity index (χ0v) is 20.1. The summed E-state index contributed by atoms with van der Waals surface area (Å²) < 4.78 is 0.459. The Balaban J connectivity index is 1.53. The second kappa shape index (κ2) is 8.78. The number of rotatable bonds is 4. The fraction of sp³-hybridized carbons (Fsp3) is 0.115. The zero-order chi connectivity index (χ0) is 23.1. The van der Waals surface area contributed by atoms with Crippen molar-refractivity contribution in [3.63, 3.8) is 0 Å². The molecule has 5 rings (SSSR count). The van der Waals surface area contributed by atoms with Crippen LogP contribution in [-0.2, 0) is 16.1 Å². The highest BCUT2D eigenvalue weighted by Crippen LogP contribution is 2.46. The van der Waals surface area contributed by atoms with Gasteiger partial charge in [-0.2, -0.15) is 0 Å². The van der Waals surface area contributed by atoms with Crippen molar-refractivity contribution in [3.05, 3.63) is 105 Å². The molecule has 1 fully saturated rings. The molecule has 0 bridgehead atoms. The third-order valence-corrected chi connectivity index (χ3v) is 7.53. The van der Waals surface area contributed by atoms with Gasteiger partial charge in [-0.25, -0.2) is 0 Å². The smallest absolute Gasteiger partial charge is 0.267 e. The summed E-state index contributed by atoms with van der Waals surface area (Å²) in [5, 5.41) is 0.642. The van der Waals surface area contributed by atoms with Gasteiger partial charge in [0.2, 0.25) is 0 Å². The predicted molar refractivity (Wildman–Crippen MR) is 138 cm³/mol. The summed E-state index contributed by atoms with van der Waals surface area (Å²) in [6, 6.07) is 24.5. The molecule has 0 aliphatic carbocycles. The molecule has 0 aromatic heterocycles. The number of thiocarbonyl (C=S) groups is 1. The molecule has 3 aromatic carbocycles. The lowest BCUT2D eigenvalue weighted by Gasteiger charge is -2.23. The van der Waals surface area contributed by atoms with Gasteiger partial charge in [-0.1, -0.05) is 96.2 Å². The molecular weight excluding hydrogens is 472 g/mol. The number of fused-ring (bicyclic) bond motifs is 1. The van der Waals surface area contributed by atoms with E-state index in [1.807, 2.05) is 73.7 Å². The second-order valence-corrected chi connectivity index (χ2v) is 9.95. The van der Waals surface area contributed by atoms with Gasteiger partial charge in [0.25, 0.3) is 11.8 Å². The van der Waals surface area contributed by atoms with Crippen molar-refractivity contribution in [2.75, 3.05) is 4.90 Å². The van der Waals surface area contributed by atoms with Gasteiger partial charge in [0.05, 0.1) is 28.8 Å². The number of halogens is 1. The maximum absolute atomic E-state index is 13.6. The van der Waals surface area contributed by atoms with Crippen LogP contribution in [0.15, 0.2) is 83.8 Å². The molecule has 0 radical (unpaired) electrons. The Morgan fingerprint density at radius 1 is 0.909 bits per heavy atom. The van der Waals surface area contributed by atoms with Gasteiger partial charge in [-0.3, -0.25) is 14.5 Å². The van der Waals surface area contributed by atoms with Crippen LogP contribution >= 0.6 is 35.6 Å². The van der Waals surface area contributed by atoms with Crippen molar-refractivity contribution in [2.45, 2.75) is 19.5 Å². The van der Waals surface area contributed by atoms with Gasteiger partial charge in [-0.15, -0.1) is 0 Å². The van der Waals surface area contributed by atoms with E-state index in [4.69, 9.17) is 23.8 Å². The van der Waals surface area contributed by atoms with E-state index < -0.39 is 0 Å². The van der Waals surface area contributed by atoms with Crippen LogP contribution in [-0.4, -0.2) is 21.0 Å². The average Bonchev–Trinajstić information content (AvgIpc) is 3.27. The molecule has 33 heavy (non-hydrogen) atoms. The first-order valence-corrected chi connectivity index (χ1v) is 12.1. The lowest BCUT2D eigenvalue weighted by molar-refractivity contribution is -0.123. The quantitative estimate of drug-likeness (QED) is 0.321. The maximum Gasteiger partial charge on any atom is 0.267 e. The van der Waals surface area contributed by atoms with E-state index in [0.29, 0.717) is 26.4 Å². The van der Waals surface area contributed by atoms with Crippen LogP contribution in [0.4, 0.5) is 5.69 Å². The fourth-order valence-corrected chi connectivity index (χ4v) is 5.79. The molecule has 3 aromatic rings. The Labute approximate surface area is 206 Å². The number of nitrogens with zero attached hydrogens (tertiary/aromatic N) is 2. The lowest BCUT2D eigenvalue weighted by Crippen LogP contribution is -2.31. The van der Waals surface area contributed by atoms with E-state index in [-0.39, 0.29) is 17.9 Å². The minimum absolute atomic E-state index is 0.195. The van der Waals surface area contributed by atoms with Crippen LogP contribution in [0, 0.1) is 0 Å². The molecule has 7 heteroatoms. The topological polar surface area (TPSA) is 40.6 Å². The van der Waals surface area contributed by atoms with Gasteiger partial charge in [-0.05, 0) is 36.2 Å². The summed E-state index contributed by atoms with van der Waals surface area (Å²) in [6.45, 7) is 2.34. The number of carbonyl (C=O) groups is 2. The number of carbonyl (C=O) groups excluding carboxylic acids is 2. The minimum Gasteiger partial charge on any atom is -0.303 e. The van der Waals surface area contributed by atoms with Crippen LogP contribution in [0.3, 0.4) is 0 Å². The third kappa shape index (κ3) is 3.88. The van der Waals surface area contributed by atoms with Gasteiger partial charge < -0.3 is 4.90 Å². The molecule has 4 nitrogen and oxygen atoms in total. The molecule has 2 heterocycles. The van der Waals surface area contributed by atoms with E-state index in [1.165, 1.54) is 11.8 Å². The Hall–Kier alpha value is -2.93. The lowest BCUT2D eigenvalue weighted by atomic mass is 10.1. The molecule has 0 N–H and O–H groups in total. The first kappa shape index (κ1) is 21.9. The second-order valence-electron chi connectivity index (χ2n) is 7.87. The van der Waals surface area contributed by atoms with Gasteiger partial charge >= 0.3 is 0 Å². The van der Waals surface area contributed by atoms with Crippen molar-refractivity contribution in [1.29, 1.82) is 0 Å². The molecule has 0 spiro atoms. The predicted octanol–water partition coefficient (Wildman–Crippen LogP) is 6.22. The summed E-state index contributed by atoms with van der Waals surface area (Å²) in [4.78, 5) is 30.9. The molecule has 1 saturated heterocycles. The highest BCUT2D eigenvalue weighted by Gasteiger charge is 2.43. The van der Waals surface area contributed by atoms with Crippen LogP contribution in [0.1, 0.15) is 29.7 Å². The molecular formula is C26H19ClN2O2S2.